The lowest BCUT2D eigenvalue weighted by Crippen LogP contribution is -2.08. The standard InChI is InChI=1S/C10H11F2NO2.ClH/c1-15-10(14)8-4-6(5-13)2-3-7(8)9(11)12;/h2-4,9H,5,13H2,1H3;1H. The predicted octanol–water partition coefficient (Wildman–Crippen LogP) is 2.29. The summed E-state index contributed by atoms with van der Waals surface area (Å²) in [5.74, 6) is -0.777. The van der Waals surface area contributed by atoms with E-state index >= 15 is 0 Å². The first-order chi connectivity index (χ1) is 7.10. The fourth-order valence-corrected chi connectivity index (χ4v) is 1.21. The lowest BCUT2D eigenvalue weighted by molar-refractivity contribution is 0.0589. The number of rotatable bonds is 3. The van der Waals surface area contributed by atoms with E-state index in [1.54, 1.807) is 0 Å². The van der Waals surface area contributed by atoms with Crippen molar-refractivity contribution in [2.24, 2.45) is 5.73 Å². The molecule has 16 heavy (non-hydrogen) atoms. The molecule has 0 aliphatic heterocycles. The van der Waals surface area contributed by atoms with E-state index in [2.05, 4.69) is 4.74 Å². The third kappa shape index (κ3) is 3.15. The van der Waals surface area contributed by atoms with Gasteiger partial charge in [0.15, 0.2) is 0 Å². The van der Waals surface area contributed by atoms with Crippen LogP contribution in [0.2, 0.25) is 0 Å². The highest BCUT2D eigenvalue weighted by Crippen LogP contribution is 2.24. The minimum Gasteiger partial charge on any atom is -0.465 e. The number of methoxy groups -OCH3 is 1. The molecule has 0 spiro atoms. The molecule has 0 saturated carbocycles. The fraction of sp³-hybridized carbons (Fsp3) is 0.300. The van der Waals surface area contributed by atoms with Crippen LogP contribution >= 0.6 is 12.4 Å². The van der Waals surface area contributed by atoms with Gasteiger partial charge in [0.05, 0.1) is 12.7 Å². The second-order valence-corrected chi connectivity index (χ2v) is 2.92. The summed E-state index contributed by atoms with van der Waals surface area (Å²) < 4.78 is 29.5. The second kappa shape index (κ2) is 6.40. The van der Waals surface area contributed by atoms with Crippen LogP contribution in [0.1, 0.15) is 27.9 Å². The van der Waals surface area contributed by atoms with E-state index in [0.29, 0.717) is 5.56 Å². The van der Waals surface area contributed by atoms with Gasteiger partial charge in [-0.3, -0.25) is 0 Å². The molecule has 0 fully saturated rings. The average molecular weight is 252 g/mol. The number of benzene rings is 1. The summed E-state index contributed by atoms with van der Waals surface area (Å²) in [4.78, 5) is 11.2. The van der Waals surface area contributed by atoms with E-state index in [1.807, 2.05) is 0 Å². The third-order valence-electron chi connectivity index (χ3n) is 1.99. The van der Waals surface area contributed by atoms with Crippen molar-refractivity contribution in [3.63, 3.8) is 0 Å². The molecule has 0 radical (unpaired) electrons. The van der Waals surface area contributed by atoms with Gasteiger partial charge in [0.2, 0.25) is 0 Å². The van der Waals surface area contributed by atoms with Gasteiger partial charge in [-0.25, -0.2) is 13.6 Å². The van der Waals surface area contributed by atoms with Gasteiger partial charge < -0.3 is 10.5 Å². The van der Waals surface area contributed by atoms with Gasteiger partial charge in [-0.05, 0) is 11.6 Å². The lowest BCUT2D eigenvalue weighted by atomic mass is 10.0. The molecule has 2 N–H and O–H groups in total. The summed E-state index contributed by atoms with van der Waals surface area (Å²) in [5.41, 5.74) is 5.49. The molecule has 0 atom stereocenters. The quantitative estimate of drug-likeness (QED) is 0.839. The van der Waals surface area contributed by atoms with Crippen LogP contribution in [0, 0.1) is 0 Å². The molecular weight excluding hydrogens is 240 g/mol. The Morgan fingerprint density at radius 1 is 1.50 bits per heavy atom. The van der Waals surface area contributed by atoms with Crippen LogP contribution in [0.4, 0.5) is 8.78 Å². The zero-order valence-corrected chi connectivity index (χ0v) is 9.39. The molecule has 1 aromatic rings. The molecule has 0 heterocycles. The van der Waals surface area contributed by atoms with Gasteiger partial charge in [0.1, 0.15) is 0 Å². The smallest absolute Gasteiger partial charge is 0.338 e. The summed E-state index contributed by atoms with van der Waals surface area (Å²) in [6.07, 6.45) is -2.70. The Kier molecular flexibility index (Phi) is 5.92. The van der Waals surface area contributed by atoms with E-state index in [-0.39, 0.29) is 30.1 Å². The van der Waals surface area contributed by atoms with Gasteiger partial charge in [-0.2, -0.15) is 0 Å². The van der Waals surface area contributed by atoms with Crippen LogP contribution in [-0.2, 0) is 11.3 Å². The summed E-state index contributed by atoms with van der Waals surface area (Å²) in [6, 6.07) is 3.99. The van der Waals surface area contributed by atoms with Crippen LogP contribution < -0.4 is 5.73 Å². The highest BCUT2D eigenvalue weighted by atomic mass is 35.5. The number of halogens is 3. The van der Waals surface area contributed by atoms with Crippen molar-refractivity contribution in [1.82, 2.24) is 0 Å². The maximum absolute atomic E-state index is 12.5. The van der Waals surface area contributed by atoms with Crippen molar-refractivity contribution < 1.29 is 18.3 Å². The molecule has 1 rings (SSSR count). The number of hydrogen-bond acceptors (Lipinski definition) is 3. The van der Waals surface area contributed by atoms with Crippen LogP contribution in [0.25, 0.3) is 0 Å². The summed E-state index contributed by atoms with van der Waals surface area (Å²) in [6.45, 7) is 0.188. The van der Waals surface area contributed by atoms with Crippen LogP contribution in [0.3, 0.4) is 0 Å². The Balaban J connectivity index is 0.00000225. The molecule has 0 unspecified atom stereocenters. The number of hydrogen-bond donors (Lipinski definition) is 1. The van der Waals surface area contributed by atoms with Crippen LogP contribution in [-0.4, -0.2) is 13.1 Å². The second-order valence-electron chi connectivity index (χ2n) is 2.92. The predicted molar refractivity (Wildman–Crippen MR) is 57.9 cm³/mol. The Morgan fingerprint density at radius 2 is 2.12 bits per heavy atom. The van der Waals surface area contributed by atoms with E-state index in [0.717, 1.165) is 7.11 Å². The first kappa shape index (κ1) is 14.8. The largest absolute Gasteiger partial charge is 0.465 e. The van der Waals surface area contributed by atoms with Crippen LogP contribution in [0.5, 0.6) is 0 Å². The van der Waals surface area contributed by atoms with E-state index in [4.69, 9.17) is 5.73 Å². The van der Waals surface area contributed by atoms with E-state index in [1.165, 1.54) is 18.2 Å². The van der Waals surface area contributed by atoms with Gasteiger partial charge in [0.25, 0.3) is 6.43 Å². The minimum absolute atomic E-state index is 0. The van der Waals surface area contributed by atoms with Gasteiger partial charge in [-0.1, -0.05) is 12.1 Å². The maximum atomic E-state index is 12.5. The third-order valence-corrected chi connectivity index (χ3v) is 1.99. The van der Waals surface area contributed by atoms with Crippen LogP contribution in [0.15, 0.2) is 18.2 Å². The van der Waals surface area contributed by atoms with Crippen molar-refractivity contribution in [2.75, 3.05) is 7.11 Å². The molecular formula is C10H12ClF2NO2. The molecule has 6 heteroatoms. The van der Waals surface area contributed by atoms with Crippen molar-refractivity contribution in [3.05, 3.63) is 34.9 Å². The molecule has 3 nitrogen and oxygen atoms in total. The summed E-state index contributed by atoms with van der Waals surface area (Å²) in [7, 11) is 1.15. The summed E-state index contributed by atoms with van der Waals surface area (Å²) in [5, 5.41) is 0. The Morgan fingerprint density at radius 3 is 2.56 bits per heavy atom. The monoisotopic (exact) mass is 251 g/mol. The summed E-state index contributed by atoms with van der Waals surface area (Å²) >= 11 is 0. The first-order valence-electron chi connectivity index (χ1n) is 4.29. The number of nitrogens with two attached hydrogens (primary N) is 1. The van der Waals surface area contributed by atoms with Crippen molar-refractivity contribution in [2.45, 2.75) is 13.0 Å². The Labute approximate surface area is 98.0 Å². The molecule has 0 aliphatic rings. The molecule has 0 aromatic heterocycles. The van der Waals surface area contributed by atoms with Gasteiger partial charge >= 0.3 is 5.97 Å². The normalized spacial score (nSPS) is 9.81. The molecule has 1 aromatic carbocycles. The zero-order chi connectivity index (χ0) is 11.4. The maximum Gasteiger partial charge on any atom is 0.338 e. The van der Waals surface area contributed by atoms with Crippen molar-refractivity contribution in [1.29, 1.82) is 0 Å². The van der Waals surface area contributed by atoms with E-state index in [9.17, 15) is 13.6 Å². The Hall–Kier alpha value is -1.20. The van der Waals surface area contributed by atoms with Gasteiger partial charge in [0, 0.05) is 12.1 Å². The molecule has 0 saturated heterocycles. The van der Waals surface area contributed by atoms with E-state index < -0.39 is 12.4 Å². The zero-order valence-electron chi connectivity index (χ0n) is 8.57. The molecule has 90 valence electrons. The first-order valence-corrected chi connectivity index (χ1v) is 4.29. The number of carbonyl (C=O) groups excluding carboxylic acids is 1. The average Bonchev–Trinajstić information content (AvgIpc) is 2.26. The topological polar surface area (TPSA) is 52.3 Å². The molecule has 0 amide bonds. The van der Waals surface area contributed by atoms with Crippen molar-refractivity contribution >= 4 is 18.4 Å². The fourth-order valence-electron chi connectivity index (χ4n) is 1.21. The molecule has 0 aliphatic carbocycles. The SMILES string of the molecule is COC(=O)c1cc(CN)ccc1C(F)F.Cl. The van der Waals surface area contributed by atoms with Crippen molar-refractivity contribution in [3.8, 4) is 0 Å². The Bertz CT molecular complexity index is 372. The van der Waals surface area contributed by atoms with Gasteiger partial charge in [-0.15, -0.1) is 12.4 Å². The number of carbonyl (C=O) groups is 1. The highest BCUT2D eigenvalue weighted by molar-refractivity contribution is 5.91. The number of ether oxygens (including phenoxy) is 1. The highest BCUT2D eigenvalue weighted by Gasteiger charge is 2.18. The number of esters is 1. The molecule has 0 bridgehead atoms. The number of alkyl halides is 2. The minimum atomic E-state index is -2.70. The lowest BCUT2D eigenvalue weighted by Gasteiger charge is -2.08.